The fourth-order valence-electron chi connectivity index (χ4n) is 2.10. The fraction of sp³-hybridized carbons (Fsp3) is 0.385. The number of para-hydroxylation sites is 1. The predicted molar refractivity (Wildman–Crippen MR) is 70.1 cm³/mol. The van der Waals surface area contributed by atoms with Crippen molar-refractivity contribution in [3.8, 4) is 0 Å². The van der Waals surface area contributed by atoms with Crippen LogP contribution in [-0.2, 0) is 20.7 Å². The summed E-state index contributed by atoms with van der Waals surface area (Å²) >= 11 is 0. The first-order valence-electron chi connectivity index (χ1n) is 6.09. The monoisotopic (exact) mass is 263 g/mol. The van der Waals surface area contributed by atoms with Gasteiger partial charge >= 0.3 is 0 Å². The number of rotatable bonds is 3. The lowest BCUT2D eigenvalue weighted by Gasteiger charge is -2.33. The highest BCUT2D eigenvalue weighted by Crippen LogP contribution is 2.15. The molecule has 0 aliphatic carbocycles. The molecule has 1 fully saturated rings. The van der Waals surface area contributed by atoms with Crippen molar-refractivity contribution < 1.29 is 14.3 Å². The molecule has 1 aromatic carbocycles. The zero-order valence-electron chi connectivity index (χ0n) is 10.5. The summed E-state index contributed by atoms with van der Waals surface area (Å²) in [6.45, 7) is 0.949. The summed E-state index contributed by atoms with van der Waals surface area (Å²) in [4.78, 5) is 25.0. The molecule has 1 aromatic rings. The van der Waals surface area contributed by atoms with Gasteiger partial charge in [-0.15, -0.1) is 0 Å². The van der Waals surface area contributed by atoms with Gasteiger partial charge in [0.25, 0.3) is 0 Å². The van der Waals surface area contributed by atoms with E-state index in [2.05, 4.69) is 0 Å². The third-order valence-electron chi connectivity index (χ3n) is 3.17. The molecule has 4 N–H and O–H groups in total. The van der Waals surface area contributed by atoms with Crippen molar-refractivity contribution >= 4 is 17.5 Å². The van der Waals surface area contributed by atoms with Gasteiger partial charge in [-0.3, -0.25) is 9.59 Å². The number of amides is 2. The quantitative estimate of drug-likeness (QED) is 0.720. The number of ether oxygens (including phenoxy) is 1. The van der Waals surface area contributed by atoms with Crippen molar-refractivity contribution in [1.82, 2.24) is 4.90 Å². The van der Waals surface area contributed by atoms with Crippen LogP contribution in [0.3, 0.4) is 0 Å². The van der Waals surface area contributed by atoms with Gasteiger partial charge in [-0.05, 0) is 11.6 Å². The van der Waals surface area contributed by atoms with E-state index in [0.29, 0.717) is 18.8 Å². The van der Waals surface area contributed by atoms with Gasteiger partial charge in [0.2, 0.25) is 11.8 Å². The van der Waals surface area contributed by atoms with E-state index in [4.69, 9.17) is 16.2 Å². The van der Waals surface area contributed by atoms with Crippen LogP contribution in [0, 0.1) is 0 Å². The van der Waals surface area contributed by atoms with E-state index >= 15 is 0 Å². The first-order valence-corrected chi connectivity index (χ1v) is 6.09. The number of hydrogen-bond donors (Lipinski definition) is 2. The van der Waals surface area contributed by atoms with Crippen LogP contribution in [0.2, 0.25) is 0 Å². The third kappa shape index (κ3) is 3.03. The lowest BCUT2D eigenvalue weighted by Crippen LogP contribution is -2.55. The molecule has 2 amide bonds. The molecular weight excluding hydrogens is 246 g/mol. The van der Waals surface area contributed by atoms with Gasteiger partial charge in [0, 0.05) is 12.2 Å². The van der Waals surface area contributed by atoms with Crippen LogP contribution in [0.4, 0.5) is 5.69 Å². The molecule has 6 nitrogen and oxygen atoms in total. The molecule has 102 valence electrons. The van der Waals surface area contributed by atoms with Crippen LogP contribution in [0.15, 0.2) is 24.3 Å². The van der Waals surface area contributed by atoms with Crippen molar-refractivity contribution in [2.45, 2.75) is 12.5 Å². The van der Waals surface area contributed by atoms with Crippen molar-refractivity contribution in [3.63, 3.8) is 0 Å². The van der Waals surface area contributed by atoms with Crippen LogP contribution in [-0.4, -0.2) is 42.5 Å². The van der Waals surface area contributed by atoms with Crippen molar-refractivity contribution in [2.24, 2.45) is 5.73 Å². The van der Waals surface area contributed by atoms with Gasteiger partial charge in [0.1, 0.15) is 6.04 Å². The molecule has 0 bridgehead atoms. The Kier molecular flexibility index (Phi) is 4.01. The highest BCUT2D eigenvalue weighted by molar-refractivity contribution is 5.88. The molecule has 0 spiro atoms. The molecule has 0 radical (unpaired) electrons. The van der Waals surface area contributed by atoms with Crippen molar-refractivity contribution in [1.29, 1.82) is 0 Å². The molecule has 1 unspecified atom stereocenters. The molecule has 0 saturated carbocycles. The Bertz CT molecular complexity index is 490. The van der Waals surface area contributed by atoms with Crippen molar-refractivity contribution in [3.05, 3.63) is 29.8 Å². The largest absolute Gasteiger partial charge is 0.398 e. The Labute approximate surface area is 111 Å². The topological polar surface area (TPSA) is 98.7 Å². The second-order valence-electron chi connectivity index (χ2n) is 4.46. The lowest BCUT2D eigenvalue weighted by molar-refractivity contribution is -0.146. The normalized spacial score (nSPS) is 19.2. The number of carbonyl (C=O) groups excluding carboxylic acids is 2. The number of primary amides is 1. The number of nitrogens with zero attached hydrogens (tertiary/aromatic N) is 1. The summed E-state index contributed by atoms with van der Waals surface area (Å²) in [5.41, 5.74) is 12.4. The van der Waals surface area contributed by atoms with E-state index in [1.807, 2.05) is 12.1 Å². The minimum atomic E-state index is -0.689. The number of benzene rings is 1. The minimum Gasteiger partial charge on any atom is -0.398 e. The van der Waals surface area contributed by atoms with Gasteiger partial charge in [-0.2, -0.15) is 0 Å². The Morgan fingerprint density at radius 2 is 2.11 bits per heavy atom. The van der Waals surface area contributed by atoms with Gasteiger partial charge in [-0.25, -0.2) is 0 Å². The average molecular weight is 263 g/mol. The molecular formula is C13H17N3O3. The first-order chi connectivity index (χ1) is 9.09. The first kappa shape index (κ1) is 13.4. The van der Waals surface area contributed by atoms with E-state index in [1.165, 1.54) is 4.90 Å². The summed E-state index contributed by atoms with van der Waals surface area (Å²) in [7, 11) is 0. The number of morpholine rings is 1. The van der Waals surface area contributed by atoms with Crippen LogP contribution in [0.5, 0.6) is 0 Å². The molecule has 19 heavy (non-hydrogen) atoms. The third-order valence-corrected chi connectivity index (χ3v) is 3.17. The van der Waals surface area contributed by atoms with E-state index in [-0.39, 0.29) is 18.9 Å². The molecule has 1 saturated heterocycles. The molecule has 2 rings (SSSR count). The van der Waals surface area contributed by atoms with Gasteiger partial charge in [0.05, 0.1) is 19.6 Å². The van der Waals surface area contributed by atoms with Crippen molar-refractivity contribution in [2.75, 3.05) is 25.5 Å². The van der Waals surface area contributed by atoms with Gasteiger partial charge in [-0.1, -0.05) is 18.2 Å². The number of anilines is 1. The fourth-order valence-corrected chi connectivity index (χ4v) is 2.10. The maximum atomic E-state index is 12.2. The molecule has 0 aromatic heterocycles. The molecule has 1 aliphatic heterocycles. The highest BCUT2D eigenvalue weighted by atomic mass is 16.5. The summed E-state index contributed by atoms with van der Waals surface area (Å²) < 4.78 is 5.18. The number of hydrogen-bond acceptors (Lipinski definition) is 4. The Hall–Kier alpha value is -2.08. The Morgan fingerprint density at radius 1 is 1.37 bits per heavy atom. The summed E-state index contributed by atoms with van der Waals surface area (Å²) in [6.07, 6.45) is 0.163. The zero-order valence-corrected chi connectivity index (χ0v) is 10.5. The maximum Gasteiger partial charge on any atom is 0.242 e. The van der Waals surface area contributed by atoms with E-state index in [9.17, 15) is 9.59 Å². The predicted octanol–water partition coefficient (Wildman–Crippen LogP) is -0.476. The summed E-state index contributed by atoms with van der Waals surface area (Å²) in [6, 6.07) is 6.49. The number of nitrogen functional groups attached to an aromatic ring is 1. The lowest BCUT2D eigenvalue weighted by atomic mass is 10.1. The Balaban J connectivity index is 2.10. The van der Waals surface area contributed by atoms with Crippen LogP contribution in [0.25, 0.3) is 0 Å². The maximum absolute atomic E-state index is 12.2. The number of nitrogens with two attached hydrogens (primary N) is 2. The van der Waals surface area contributed by atoms with Crippen LogP contribution < -0.4 is 11.5 Å². The SMILES string of the molecule is NC(=O)C1COCCN1C(=O)Cc1ccccc1N. The number of carbonyl (C=O) groups is 2. The standard InChI is InChI=1S/C13H17N3O3/c14-10-4-2-1-3-9(10)7-12(17)16-5-6-19-8-11(16)13(15)18/h1-4,11H,5-8,14H2,(H2,15,18). The minimum absolute atomic E-state index is 0.158. The van der Waals surface area contributed by atoms with Crippen LogP contribution in [0.1, 0.15) is 5.56 Å². The molecule has 6 heteroatoms. The average Bonchev–Trinajstić information content (AvgIpc) is 2.41. The van der Waals surface area contributed by atoms with E-state index in [1.54, 1.807) is 12.1 Å². The zero-order chi connectivity index (χ0) is 13.8. The van der Waals surface area contributed by atoms with E-state index in [0.717, 1.165) is 5.56 Å². The molecule has 1 heterocycles. The summed E-state index contributed by atoms with van der Waals surface area (Å²) in [5, 5.41) is 0. The van der Waals surface area contributed by atoms with Gasteiger partial charge < -0.3 is 21.1 Å². The molecule has 1 atom stereocenters. The van der Waals surface area contributed by atoms with E-state index < -0.39 is 11.9 Å². The second kappa shape index (κ2) is 5.71. The Morgan fingerprint density at radius 3 is 2.79 bits per heavy atom. The van der Waals surface area contributed by atoms with Gasteiger partial charge in [0.15, 0.2) is 0 Å². The summed E-state index contributed by atoms with van der Waals surface area (Å²) in [5.74, 6) is -0.709. The highest BCUT2D eigenvalue weighted by Gasteiger charge is 2.31. The second-order valence-corrected chi connectivity index (χ2v) is 4.46. The smallest absolute Gasteiger partial charge is 0.242 e. The van der Waals surface area contributed by atoms with Crippen LogP contribution >= 0.6 is 0 Å². The molecule has 1 aliphatic rings.